The van der Waals surface area contributed by atoms with Crippen LogP contribution >= 0.6 is 22.6 Å². The first-order valence-electron chi connectivity index (χ1n) is 3.95. The van der Waals surface area contributed by atoms with E-state index in [1.54, 1.807) is 6.07 Å². The number of halogens is 2. The second kappa shape index (κ2) is 4.76. The summed E-state index contributed by atoms with van der Waals surface area (Å²) >= 11 is 2.09. The monoisotopic (exact) mass is 295 g/mol. The largest absolute Gasteiger partial charge is 0.395 e. The lowest BCUT2D eigenvalue weighted by Gasteiger charge is -2.07. The summed E-state index contributed by atoms with van der Waals surface area (Å²) in [5, 5.41) is 11.4. The second-order valence-electron chi connectivity index (χ2n) is 2.73. The summed E-state index contributed by atoms with van der Waals surface area (Å²) in [6, 6.07) is 3.22. The minimum atomic E-state index is -0.275. The fourth-order valence-corrected chi connectivity index (χ4v) is 1.41. The second-order valence-corrected chi connectivity index (χ2v) is 3.89. The van der Waals surface area contributed by atoms with Crippen LogP contribution in [0.1, 0.15) is 5.56 Å². The number of hydrogen-bond donors (Lipinski definition) is 2. The van der Waals surface area contributed by atoms with E-state index >= 15 is 0 Å². The summed E-state index contributed by atoms with van der Waals surface area (Å²) in [6.45, 7) is 2.30. The standard InChI is InChI=1S/C9H11FINO/c1-6-4-9(12-2-3-13)7(10)5-8(6)11/h4-5,12-13H,2-3H2,1H3. The first-order valence-corrected chi connectivity index (χ1v) is 5.03. The molecule has 0 saturated heterocycles. The topological polar surface area (TPSA) is 32.3 Å². The summed E-state index contributed by atoms with van der Waals surface area (Å²) in [6.07, 6.45) is 0. The van der Waals surface area contributed by atoms with E-state index in [1.807, 2.05) is 6.92 Å². The highest BCUT2D eigenvalue weighted by molar-refractivity contribution is 14.1. The zero-order valence-electron chi connectivity index (χ0n) is 7.27. The van der Waals surface area contributed by atoms with Gasteiger partial charge in [0.05, 0.1) is 12.3 Å². The number of anilines is 1. The first kappa shape index (κ1) is 10.7. The van der Waals surface area contributed by atoms with Gasteiger partial charge >= 0.3 is 0 Å². The summed E-state index contributed by atoms with van der Waals surface area (Å²) < 4.78 is 14.1. The molecule has 0 amide bonds. The van der Waals surface area contributed by atoms with Crippen molar-refractivity contribution in [3.8, 4) is 0 Å². The summed E-state index contributed by atoms with van der Waals surface area (Å²) in [5.74, 6) is -0.275. The van der Waals surface area contributed by atoms with Gasteiger partial charge < -0.3 is 10.4 Å². The lowest BCUT2D eigenvalue weighted by atomic mass is 10.2. The summed E-state index contributed by atoms with van der Waals surface area (Å²) in [4.78, 5) is 0. The van der Waals surface area contributed by atoms with E-state index < -0.39 is 0 Å². The van der Waals surface area contributed by atoms with E-state index in [9.17, 15) is 4.39 Å². The van der Waals surface area contributed by atoms with Crippen molar-refractivity contribution < 1.29 is 9.50 Å². The molecule has 0 unspecified atom stereocenters. The summed E-state index contributed by atoms with van der Waals surface area (Å²) in [5.41, 5.74) is 1.48. The molecule has 0 heterocycles. The Morgan fingerprint density at radius 3 is 2.85 bits per heavy atom. The smallest absolute Gasteiger partial charge is 0.147 e. The molecule has 2 N–H and O–H groups in total. The van der Waals surface area contributed by atoms with Crippen molar-refractivity contribution in [2.24, 2.45) is 0 Å². The third kappa shape index (κ3) is 2.80. The van der Waals surface area contributed by atoms with Crippen LogP contribution in [0.2, 0.25) is 0 Å². The van der Waals surface area contributed by atoms with Crippen molar-refractivity contribution in [2.45, 2.75) is 6.92 Å². The van der Waals surface area contributed by atoms with Crippen molar-refractivity contribution >= 4 is 28.3 Å². The molecule has 0 aliphatic heterocycles. The molecule has 0 saturated carbocycles. The molecular formula is C9H11FINO. The van der Waals surface area contributed by atoms with E-state index in [1.165, 1.54) is 6.07 Å². The van der Waals surface area contributed by atoms with Crippen LogP contribution in [0.5, 0.6) is 0 Å². The number of hydrogen-bond acceptors (Lipinski definition) is 2. The van der Waals surface area contributed by atoms with Gasteiger partial charge in [-0.05, 0) is 47.2 Å². The lowest BCUT2D eigenvalue weighted by Crippen LogP contribution is -2.07. The quantitative estimate of drug-likeness (QED) is 0.837. The molecular weight excluding hydrogens is 284 g/mol. The zero-order chi connectivity index (χ0) is 9.84. The zero-order valence-corrected chi connectivity index (χ0v) is 9.43. The normalized spacial score (nSPS) is 10.2. The van der Waals surface area contributed by atoms with Crippen LogP contribution in [-0.4, -0.2) is 18.3 Å². The molecule has 0 fully saturated rings. The first-order chi connectivity index (χ1) is 6.15. The number of benzene rings is 1. The van der Waals surface area contributed by atoms with Gasteiger partial charge in [-0.1, -0.05) is 0 Å². The van der Waals surface area contributed by atoms with Crippen molar-refractivity contribution in [2.75, 3.05) is 18.5 Å². The van der Waals surface area contributed by atoms with Crippen LogP contribution in [0, 0.1) is 16.3 Å². The van der Waals surface area contributed by atoms with E-state index in [0.29, 0.717) is 12.2 Å². The van der Waals surface area contributed by atoms with Crippen molar-refractivity contribution in [1.82, 2.24) is 0 Å². The Labute approximate surface area is 90.3 Å². The van der Waals surface area contributed by atoms with Crippen molar-refractivity contribution in [1.29, 1.82) is 0 Å². The fraction of sp³-hybridized carbons (Fsp3) is 0.333. The molecule has 4 heteroatoms. The van der Waals surface area contributed by atoms with E-state index in [4.69, 9.17) is 5.11 Å². The molecule has 0 aliphatic rings. The Balaban J connectivity index is 2.88. The maximum Gasteiger partial charge on any atom is 0.147 e. The number of nitrogens with one attached hydrogen (secondary N) is 1. The molecule has 0 aliphatic carbocycles. The molecule has 13 heavy (non-hydrogen) atoms. The number of aryl methyl sites for hydroxylation is 1. The van der Waals surface area contributed by atoms with Crippen LogP contribution in [-0.2, 0) is 0 Å². The fourth-order valence-electron chi connectivity index (χ4n) is 0.983. The Kier molecular flexibility index (Phi) is 3.92. The van der Waals surface area contributed by atoms with Crippen LogP contribution in [0.3, 0.4) is 0 Å². The third-order valence-corrected chi connectivity index (χ3v) is 2.84. The Bertz CT molecular complexity index is 304. The molecule has 0 atom stereocenters. The molecule has 1 aromatic carbocycles. The third-order valence-electron chi connectivity index (χ3n) is 1.68. The van der Waals surface area contributed by atoms with Crippen molar-refractivity contribution in [3.63, 3.8) is 0 Å². The Morgan fingerprint density at radius 2 is 2.23 bits per heavy atom. The van der Waals surface area contributed by atoms with Gasteiger partial charge in [-0.15, -0.1) is 0 Å². The molecule has 0 radical (unpaired) electrons. The highest BCUT2D eigenvalue weighted by Gasteiger charge is 2.04. The number of rotatable bonds is 3. The van der Waals surface area contributed by atoms with Crippen molar-refractivity contribution in [3.05, 3.63) is 27.1 Å². The minimum Gasteiger partial charge on any atom is -0.395 e. The van der Waals surface area contributed by atoms with Gasteiger partial charge in [-0.25, -0.2) is 4.39 Å². The lowest BCUT2D eigenvalue weighted by molar-refractivity contribution is 0.311. The predicted molar refractivity (Wildman–Crippen MR) is 59.4 cm³/mol. The molecule has 2 nitrogen and oxygen atoms in total. The molecule has 1 rings (SSSR count). The van der Waals surface area contributed by atoms with Gasteiger partial charge in [0.1, 0.15) is 5.82 Å². The van der Waals surface area contributed by atoms with Gasteiger partial charge in [0.15, 0.2) is 0 Å². The SMILES string of the molecule is Cc1cc(NCCO)c(F)cc1I. The molecule has 0 bridgehead atoms. The average Bonchev–Trinajstić information content (AvgIpc) is 2.09. The van der Waals surface area contributed by atoms with Gasteiger partial charge in [0.2, 0.25) is 0 Å². The van der Waals surface area contributed by atoms with Crippen LogP contribution in [0.4, 0.5) is 10.1 Å². The number of aliphatic hydroxyl groups is 1. The Hall–Kier alpha value is -0.360. The molecule has 72 valence electrons. The molecule has 1 aromatic rings. The minimum absolute atomic E-state index is 0.00444. The number of aliphatic hydroxyl groups excluding tert-OH is 1. The van der Waals surface area contributed by atoms with Gasteiger partial charge in [0, 0.05) is 10.1 Å². The highest BCUT2D eigenvalue weighted by Crippen LogP contribution is 2.20. The Morgan fingerprint density at radius 1 is 1.54 bits per heavy atom. The maximum atomic E-state index is 13.2. The van der Waals surface area contributed by atoms with Crippen LogP contribution in [0.25, 0.3) is 0 Å². The van der Waals surface area contributed by atoms with E-state index in [2.05, 4.69) is 27.9 Å². The summed E-state index contributed by atoms with van der Waals surface area (Å²) in [7, 11) is 0. The van der Waals surface area contributed by atoms with E-state index in [0.717, 1.165) is 9.13 Å². The highest BCUT2D eigenvalue weighted by atomic mass is 127. The maximum absolute atomic E-state index is 13.2. The van der Waals surface area contributed by atoms with Crippen LogP contribution in [0.15, 0.2) is 12.1 Å². The van der Waals surface area contributed by atoms with E-state index in [-0.39, 0.29) is 12.4 Å². The van der Waals surface area contributed by atoms with Crippen LogP contribution < -0.4 is 5.32 Å². The van der Waals surface area contributed by atoms with Gasteiger partial charge in [-0.2, -0.15) is 0 Å². The molecule has 0 spiro atoms. The molecule has 0 aromatic heterocycles. The average molecular weight is 295 g/mol. The predicted octanol–water partition coefficient (Wildman–Crippen LogP) is 2.14. The van der Waals surface area contributed by atoms with Gasteiger partial charge in [0.25, 0.3) is 0 Å². The van der Waals surface area contributed by atoms with Gasteiger partial charge in [-0.3, -0.25) is 0 Å².